The lowest BCUT2D eigenvalue weighted by molar-refractivity contribution is -0.137. The van der Waals surface area contributed by atoms with Crippen LogP contribution < -0.4 is 10.6 Å². The number of nitrogens with one attached hydrogen (secondary N) is 2. The zero-order valence-electron chi connectivity index (χ0n) is 13.5. The largest absolute Gasteiger partial charge is 0.416 e. The van der Waals surface area contributed by atoms with Gasteiger partial charge in [-0.3, -0.25) is 9.48 Å². The van der Waals surface area contributed by atoms with Gasteiger partial charge in [0, 0.05) is 12.4 Å². The summed E-state index contributed by atoms with van der Waals surface area (Å²) in [5, 5.41) is 9.54. The van der Waals surface area contributed by atoms with E-state index in [1.54, 1.807) is 12.3 Å². The second-order valence-electron chi connectivity index (χ2n) is 5.88. The summed E-state index contributed by atoms with van der Waals surface area (Å²) in [6.07, 6.45) is -0.709. The van der Waals surface area contributed by atoms with Gasteiger partial charge < -0.3 is 10.6 Å². The van der Waals surface area contributed by atoms with Gasteiger partial charge >= 0.3 is 6.18 Å². The number of hydrogen-bond acceptors (Lipinski definition) is 3. The lowest BCUT2D eigenvalue weighted by Gasteiger charge is -2.36. The van der Waals surface area contributed by atoms with E-state index in [4.69, 9.17) is 0 Å². The molecule has 1 fully saturated rings. The molecule has 0 saturated carbocycles. The first-order valence-electron chi connectivity index (χ1n) is 7.72. The molecule has 0 bridgehead atoms. The number of benzene rings is 1. The Hall–Kier alpha value is -2.13. The molecule has 2 N–H and O–H groups in total. The van der Waals surface area contributed by atoms with E-state index < -0.39 is 34.7 Å². The molecule has 5 nitrogen and oxygen atoms in total. The Labute approximate surface area is 153 Å². The molecule has 1 amide bonds. The minimum absolute atomic E-state index is 0. The maximum Gasteiger partial charge on any atom is 0.416 e. The summed E-state index contributed by atoms with van der Waals surface area (Å²) < 4.78 is 53.9. The summed E-state index contributed by atoms with van der Waals surface area (Å²) in [5.41, 5.74) is -2.59. The standard InChI is InChI=1S/C16H16F4N4O.ClH/c17-12-3-2-11(16(18,19)20)10-13(12)23-14(25)15(4-7-21-8-5-15)24-9-1-6-22-24;/h1-3,6,9-10,21H,4-5,7-8H2,(H,23,25);1H. The van der Waals surface area contributed by atoms with Gasteiger partial charge in [-0.2, -0.15) is 18.3 Å². The van der Waals surface area contributed by atoms with Crippen molar-refractivity contribution in [2.45, 2.75) is 24.6 Å². The summed E-state index contributed by atoms with van der Waals surface area (Å²) in [6, 6.07) is 3.59. The molecular formula is C16H17ClF4N4O. The number of anilines is 1. The van der Waals surface area contributed by atoms with Gasteiger partial charge in [0.25, 0.3) is 5.91 Å². The first-order valence-corrected chi connectivity index (χ1v) is 7.72. The van der Waals surface area contributed by atoms with Crippen molar-refractivity contribution in [3.05, 3.63) is 48.0 Å². The van der Waals surface area contributed by atoms with E-state index in [-0.39, 0.29) is 12.4 Å². The summed E-state index contributed by atoms with van der Waals surface area (Å²) in [7, 11) is 0. The van der Waals surface area contributed by atoms with Crippen LogP contribution in [0.25, 0.3) is 0 Å². The van der Waals surface area contributed by atoms with Crippen LogP contribution in [0.2, 0.25) is 0 Å². The number of piperidine rings is 1. The molecule has 26 heavy (non-hydrogen) atoms. The Morgan fingerprint density at radius 1 is 1.27 bits per heavy atom. The number of amides is 1. The zero-order valence-corrected chi connectivity index (χ0v) is 14.3. The van der Waals surface area contributed by atoms with Crippen LogP contribution in [-0.2, 0) is 16.5 Å². The molecule has 142 valence electrons. The van der Waals surface area contributed by atoms with Gasteiger partial charge in [0.05, 0.1) is 11.3 Å². The minimum atomic E-state index is -4.62. The Morgan fingerprint density at radius 3 is 2.54 bits per heavy atom. The summed E-state index contributed by atoms with van der Waals surface area (Å²) in [5.74, 6) is -1.51. The number of alkyl halides is 3. The van der Waals surface area contributed by atoms with Crippen molar-refractivity contribution >= 4 is 24.0 Å². The van der Waals surface area contributed by atoms with Crippen LogP contribution >= 0.6 is 12.4 Å². The fourth-order valence-electron chi connectivity index (χ4n) is 2.96. The van der Waals surface area contributed by atoms with Crippen molar-refractivity contribution in [1.29, 1.82) is 0 Å². The average Bonchev–Trinajstić information content (AvgIpc) is 3.11. The zero-order chi connectivity index (χ0) is 18.1. The predicted octanol–water partition coefficient (Wildman–Crippen LogP) is 3.18. The van der Waals surface area contributed by atoms with E-state index in [2.05, 4.69) is 15.7 Å². The lowest BCUT2D eigenvalue weighted by Crippen LogP contribution is -2.52. The minimum Gasteiger partial charge on any atom is -0.321 e. The van der Waals surface area contributed by atoms with E-state index in [9.17, 15) is 22.4 Å². The molecule has 1 aliphatic heterocycles. The van der Waals surface area contributed by atoms with Crippen LogP contribution in [0.3, 0.4) is 0 Å². The Morgan fingerprint density at radius 2 is 1.96 bits per heavy atom. The van der Waals surface area contributed by atoms with E-state index in [0.717, 1.165) is 0 Å². The fraction of sp³-hybridized carbons (Fsp3) is 0.375. The third kappa shape index (κ3) is 3.83. The Bertz CT molecular complexity index is 758. The van der Waals surface area contributed by atoms with E-state index >= 15 is 0 Å². The molecule has 0 spiro atoms. The van der Waals surface area contributed by atoms with Crippen molar-refractivity contribution in [3.63, 3.8) is 0 Å². The normalized spacial score (nSPS) is 16.6. The highest BCUT2D eigenvalue weighted by molar-refractivity contribution is 5.97. The molecule has 1 saturated heterocycles. The van der Waals surface area contributed by atoms with Gasteiger partial charge in [0.15, 0.2) is 0 Å². The highest BCUT2D eigenvalue weighted by atomic mass is 35.5. The van der Waals surface area contributed by atoms with Gasteiger partial charge in [0.1, 0.15) is 11.4 Å². The number of nitrogens with zero attached hydrogens (tertiary/aromatic N) is 2. The van der Waals surface area contributed by atoms with Crippen LogP contribution in [-0.4, -0.2) is 28.8 Å². The van der Waals surface area contributed by atoms with Gasteiger partial charge in [0.2, 0.25) is 0 Å². The van der Waals surface area contributed by atoms with Crippen LogP contribution in [0.1, 0.15) is 18.4 Å². The van der Waals surface area contributed by atoms with Crippen LogP contribution in [0.4, 0.5) is 23.2 Å². The molecule has 0 unspecified atom stereocenters. The summed E-state index contributed by atoms with van der Waals surface area (Å²) in [6.45, 7) is 1.08. The Balaban J connectivity index is 0.00000243. The van der Waals surface area contributed by atoms with E-state index in [1.165, 1.54) is 10.9 Å². The monoisotopic (exact) mass is 392 g/mol. The van der Waals surface area contributed by atoms with E-state index in [0.29, 0.717) is 44.1 Å². The molecule has 2 aromatic rings. The summed E-state index contributed by atoms with van der Waals surface area (Å²) >= 11 is 0. The molecule has 10 heteroatoms. The second-order valence-corrected chi connectivity index (χ2v) is 5.88. The molecule has 1 aromatic carbocycles. The fourth-order valence-corrected chi connectivity index (χ4v) is 2.96. The van der Waals surface area contributed by atoms with Crippen molar-refractivity contribution in [3.8, 4) is 0 Å². The topological polar surface area (TPSA) is 59.0 Å². The summed E-state index contributed by atoms with van der Waals surface area (Å²) in [4.78, 5) is 12.9. The first-order chi connectivity index (χ1) is 11.8. The van der Waals surface area contributed by atoms with Crippen molar-refractivity contribution in [2.75, 3.05) is 18.4 Å². The van der Waals surface area contributed by atoms with Crippen LogP contribution in [0.15, 0.2) is 36.7 Å². The smallest absolute Gasteiger partial charge is 0.321 e. The Kier molecular flexibility index (Phi) is 5.92. The molecule has 0 radical (unpaired) electrons. The number of carbonyl (C=O) groups is 1. The second kappa shape index (κ2) is 7.63. The molecule has 2 heterocycles. The third-order valence-corrected chi connectivity index (χ3v) is 4.34. The maximum atomic E-state index is 13.9. The SMILES string of the molecule is Cl.O=C(Nc1cc(C(F)(F)F)ccc1F)C1(n2cccn2)CCNCC1. The highest BCUT2D eigenvalue weighted by Crippen LogP contribution is 2.33. The van der Waals surface area contributed by atoms with Gasteiger partial charge in [-0.05, 0) is 50.2 Å². The highest BCUT2D eigenvalue weighted by Gasteiger charge is 2.42. The number of halogens is 5. The molecule has 1 aromatic heterocycles. The average molecular weight is 393 g/mol. The van der Waals surface area contributed by atoms with Crippen LogP contribution in [0.5, 0.6) is 0 Å². The van der Waals surface area contributed by atoms with Gasteiger partial charge in [-0.15, -0.1) is 12.4 Å². The molecule has 0 atom stereocenters. The third-order valence-electron chi connectivity index (χ3n) is 4.34. The van der Waals surface area contributed by atoms with Gasteiger partial charge in [-0.25, -0.2) is 4.39 Å². The first kappa shape index (κ1) is 20.2. The van der Waals surface area contributed by atoms with E-state index in [1.807, 2.05) is 0 Å². The lowest BCUT2D eigenvalue weighted by atomic mass is 9.87. The predicted molar refractivity (Wildman–Crippen MR) is 89.6 cm³/mol. The van der Waals surface area contributed by atoms with Crippen molar-refractivity contribution in [2.24, 2.45) is 0 Å². The maximum absolute atomic E-state index is 13.9. The molecule has 0 aliphatic carbocycles. The number of carbonyl (C=O) groups excluding carboxylic acids is 1. The van der Waals surface area contributed by atoms with Gasteiger partial charge in [-0.1, -0.05) is 0 Å². The van der Waals surface area contributed by atoms with Crippen molar-refractivity contribution < 1.29 is 22.4 Å². The van der Waals surface area contributed by atoms with Crippen LogP contribution in [0, 0.1) is 5.82 Å². The quantitative estimate of drug-likeness (QED) is 0.789. The number of hydrogen-bond donors (Lipinski definition) is 2. The number of rotatable bonds is 3. The van der Waals surface area contributed by atoms with Crippen molar-refractivity contribution in [1.82, 2.24) is 15.1 Å². The molecular weight excluding hydrogens is 376 g/mol. The molecule has 3 rings (SSSR count). The molecule has 1 aliphatic rings. The number of aromatic nitrogens is 2.